The SMILES string of the molecule is CCN(CC)N=Nc1c(OC)cc(Cc2cnc(N)nc2N)cc1OC. The maximum Gasteiger partial charge on any atom is 0.221 e. The molecular weight excluding hydrogens is 334 g/mol. The van der Waals surface area contributed by atoms with E-state index in [1.165, 1.54) is 0 Å². The van der Waals surface area contributed by atoms with Crippen LogP contribution in [0.1, 0.15) is 25.0 Å². The summed E-state index contributed by atoms with van der Waals surface area (Å²) in [5.41, 5.74) is 13.7. The van der Waals surface area contributed by atoms with Gasteiger partial charge >= 0.3 is 0 Å². The van der Waals surface area contributed by atoms with Crippen LogP contribution in [-0.4, -0.2) is 42.3 Å². The zero-order valence-corrected chi connectivity index (χ0v) is 15.6. The Bertz CT molecular complexity index is 751. The first kappa shape index (κ1) is 19.2. The molecule has 0 amide bonds. The quantitative estimate of drug-likeness (QED) is 0.548. The molecule has 0 spiro atoms. The summed E-state index contributed by atoms with van der Waals surface area (Å²) in [4.78, 5) is 7.97. The minimum Gasteiger partial charge on any atom is -0.494 e. The summed E-state index contributed by atoms with van der Waals surface area (Å²) in [6.45, 7) is 5.55. The largest absolute Gasteiger partial charge is 0.494 e. The van der Waals surface area contributed by atoms with Gasteiger partial charge in [-0.2, -0.15) is 4.98 Å². The second-order valence-electron chi connectivity index (χ2n) is 5.49. The third-order valence-electron chi connectivity index (χ3n) is 3.85. The van der Waals surface area contributed by atoms with Crippen molar-refractivity contribution in [2.45, 2.75) is 20.3 Å². The van der Waals surface area contributed by atoms with Crippen LogP contribution in [0.25, 0.3) is 0 Å². The van der Waals surface area contributed by atoms with Gasteiger partial charge in [0.05, 0.1) is 14.2 Å². The molecule has 0 aliphatic carbocycles. The van der Waals surface area contributed by atoms with Gasteiger partial charge in [-0.3, -0.25) is 5.01 Å². The highest BCUT2D eigenvalue weighted by molar-refractivity contribution is 5.64. The van der Waals surface area contributed by atoms with Gasteiger partial charge in [-0.25, -0.2) is 4.98 Å². The molecule has 2 rings (SSSR count). The number of aromatic nitrogens is 2. The fourth-order valence-electron chi connectivity index (χ4n) is 2.40. The molecule has 1 aromatic heterocycles. The highest BCUT2D eigenvalue weighted by Crippen LogP contribution is 2.39. The lowest BCUT2D eigenvalue weighted by molar-refractivity contribution is 0.299. The van der Waals surface area contributed by atoms with Gasteiger partial charge in [-0.1, -0.05) is 5.22 Å². The smallest absolute Gasteiger partial charge is 0.221 e. The first-order valence-electron chi connectivity index (χ1n) is 8.30. The Hall–Kier alpha value is -3.10. The van der Waals surface area contributed by atoms with Crippen molar-refractivity contribution < 1.29 is 9.47 Å². The maximum absolute atomic E-state index is 5.92. The summed E-state index contributed by atoms with van der Waals surface area (Å²) in [5, 5.41) is 10.4. The lowest BCUT2D eigenvalue weighted by atomic mass is 10.1. The van der Waals surface area contributed by atoms with E-state index in [1.54, 1.807) is 20.4 Å². The van der Waals surface area contributed by atoms with Crippen molar-refractivity contribution in [3.8, 4) is 11.5 Å². The van der Waals surface area contributed by atoms with Crippen molar-refractivity contribution in [1.29, 1.82) is 0 Å². The Morgan fingerprint density at radius 1 is 1.08 bits per heavy atom. The summed E-state index contributed by atoms with van der Waals surface area (Å²) in [6.07, 6.45) is 2.12. The number of ether oxygens (including phenoxy) is 2. The van der Waals surface area contributed by atoms with Crippen molar-refractivity contribution in [3.05, 3.63) is 29.5 Å². The van der Waals surface area contributed by atoms with Crippen LogP contribution in [0.3, 0.4) is 0 Å². The first-order valence-corrected chi connectivity index (χ1v) is 8.30. The minimum atomic E-state index is 0.147. The molecule has 9 heteroatoms. The van der Waals surface area contributed by atoms with Crippen LogP contribution in [0, 0.1) is 0 Å². The molecule has 0 atom stereocenters. The molecule has 0 bridgehead atoms. The number of methoxy groups -OCH3 is 2. The first-order chi connectivity index (χ1) is 12.5. The average Bonchev–Trinajstić information content (AvgIpc) is 2.64. The Morgan fingerprint density at radius 3 is 2.19 bits per heavy atom. The fraction of sp³-hybridized carbons (Fsp3) is 0.412. The van der Waals surface area contributed by atoms with Crippen molar-refractivity contribution in [2.24, 2.45) is 10.3 Å². The Morgan fingerprint density at radius 2 is 1.69 bits per heavy atom. The highest BCUT2D eigenvalue weighted by atomic mass is 16.5. The average molecular weight is 359 g/mol. The highest BCUT2D eigenvalue weighted by Gasteiger charge is 2.14. The molecule has 1 aromatic carbocycles. The van der Waals surface area contributed by atoms with Crippen molar-refractivity contribution in [2.75, 3.05) is 38.8 Å². The van der Waals surface area contributed by atoms with Crippen LogP contribution in [0.4, 0.5) is 17.5 Å². The van der Waals surface area contributed by atoms with E-state index in [4.69, 9.17) is 20.9 Å². The summed E-state index contributed by atoms with van der Waals surface area (Å²) >= 11 is 0. The van der Waals surface area contributed by atoms with E-state index in [-0.39, 0.29) is 5.95 Å². The van der Waals surface area contributed by atoms with Crippen LogP contribution < -0.4 is 20.9 Å². The number of hydrogen-bond donors (Lipinski definition) is 2. The molecule has 140 valence electrons. The topological polar surface area (TPSA) is 124 Å². The summed E-state index contributed by atoms with van der Waals surface area (Å²) in [7, 11) is 3.16. The molecule has 2 aromatic rings. The third kappa shape index (κ3) is 4.50. The molecule has 0 saturated heterocycles. The molecule has 1 heterocycles. The number of nitrogen functional groups attached to an aromatic ring is 2. The van der Waals surface area contributed by atoms with Gasteiger partial charge in [0, 0.05) is 31.3 Å². The molecule has 26 heavy (non-hydrogen) atoms. The van der Waals surface area contributed by atoms with Gasteiger partial charge in [-0.05, 0) is 31.5 Å². The second-order valence-corrected chi connectivity index (χ2v) is 5.49. The lowest BCUT2D eigenvalue weighted by Gasteiger charge is -2.15. The molecule has 4 N–H and O–H groups in total. The number of hydrogen-bond acceptors (Lipinski definition) is 8. The number of benzene rings is 1. The second kappa shape index (κ2) is 8.84. The van der Waals surface area contributed by atoms with E-state index in [0.29, 0.717) is 29.4 Å². The molecule has 0 unspecified atom stereocenters. The van der Waals surface area contributed by atoms with Crippen LogP contribution >= 0.6 is 0 Å². The molecule has 0 aliphatic rings. The van der Waals surface area contributed by atoms with E-state index in [1.807, 2.05) is 31.0 Å². The third-order valence-corrected chi connectivity index (χ3v) is 3.85. The van der Waals surface area contributed by atoms with E-state index in [9.17, 15) is 0 Å². The molecule has 0 radical (unpaired) electrons. The Labute approximate surface area is 153 Å². The van der Waals surface area contributed by atoms with E-state index >= 15 is 0 Å². The minimum absolute atomic E-state index is 0.147. The van der Waals surface area contributed by atoms with E-state index in [0.717, 1.165) is 24.2 Å². The monoisotopic (exact) mass is 359 g/mol. The van der Waals surface area contributed by atoms with Crippen molar-refractivity contribution >= 4 is 17.5 Å². The van der Waals surface area contributed by atoms with E-state index < -0.39 is 0 Å². The molecule has 0 saturated carbocycles. The van der Waals surface area contributed by atoms with Gasteiger partial charge in [0.2, 0.25) is 5.95 Å². The molecule has 9 nitrogen and oxygen atoms in total. The predicted octanol–water partition coefficient (Wildman–Crippen LogP) is 2.59. The van der Waals surface area contributed by atoms with Gasteiger partial charge in [0.25, 0.3) is 0 Å². The zero-order valence-electron chi connectivity index (χ0n) is 15.6. The summed E-state index contributed by atoms with van der Waals surface area (Å²) in [5.74, 6) is 1.62. The normalized spacial score (nSPS) is 10.9. The van der Waals surface area contributed by atoms with Crippen LogP contribution in [0.15, 0.2) is 28.7 Å². The number of anilines is 2. The van der Waals surface area contributed by atoms with Crippen molar-refractivity contribution in [3.63, 3.8) is 0 Å². The summed E-state index contributed by atoms with van der Waals surface area (Å²) < 4.78 is 11.0. The number of rotatable bonds is 8. The van der Waals surface area contributed by atoms with Gasteiger partial charge in [0.15, 0.2) is 17.2 Å². The molecule has 0 aliphatic heterocycles. The standard InChI is InChI=1S/C17H25N7O2/c1-5-24(6-2)23-22-15-13(25-3)8-11(9-14(15)26-4)7-12-10-20-17(19)21-16(12)18/h8-10H,5-7H2,1-4H3,(H4,18,19,20,21). The van der Waals surface area contributed by atoms with Gasteiger partial charge in [0.1, 0.15) is 5.82 Å². The zero-order chi connectivity index (χ0) is 19.1. The van der Waals surface area contributed by atoms with E-state index in [2.05, 4.69) is 20.3 Å². The summed E-state index contributed by atoms with van der Waals surface area (Å²) in [6, 6.07) is 3.74. The van der Waals surface area contributed by atoms with Gasteiger partial charge in [-0.15, -0.1) is 5.11 Å². The molecule has 0 fully saturated rings. The van der Waals surface area contributed by atoms with Crippen molar-refractivity contribution in [1.82, 2.24) is 15.0 Å². The molecular formula is C17H25N7O2. The predicted molar refractivity (Wildman–Crippen MR) is 101 cm³/mol. The number of nitrogens with two attached hydrogens (primary N) is 2. The maximum atomic E-state index is 5.92. The van der Waals surface area contributed by atoms with Crippen LogP contribution in [0.5, 0.6) is 11.5 Å². The fourth-order valence-corrected chi connectivity index (χ4v) is 2.40. The van der Waals surface area contributed by atoms with Gasteiger partial charge < -0.3 is 20.9 Å². The number of nitrogens with zero attached hydrogens (tertiary/aromatic N) is 5. The Balaban J connectivity index is 2.38. The lowest BCUT2D eigenvalue weighted by Crippen LogP contribution is -2.14. The van der Waals surface area contributed by atoms with Crippen LogP contribution in [0.2, 0.25) is 0 Å². The Kier molecular flexibility index (Phi) is 6.54. The van der Waals surface area contributed by atoms with Crippen LogP contribution in [-0.2, 0) is 6.42 Å².